The number of hydrogen-bond acceptors (Lipinski definition) is 1. The fraction of sp³-hybridized carbons (Fsp3) is 1.00. The molecule has 0 bridgehead atoms. The minimum atomic E-state index is 0.193. The molecule has 0 spiro atoms. The number of rotatable bonds is 3. The predicted molar refractivity (Wildman–Crippen MR) is 58.7 cm³/mol. The van der Waals surface area contributed by atoms with Crippen LogP contribution in [0.25, 0.3) is 0 Å². The van der Waals surface area contributed by atoms with E-state index in [-0.39, 0.29) is 5.54 Å². The SMILES string of the molecule is CCCC1(N)CCCC(CC)CC1. The van der Waals surface area contributed by atoms with Crippen LogP contribution in [0.3, 0.4) is 0 Å². The van der Waals surface area contributed by atoms with Gasteiger partial charge in [-0.25, -0.2) is 0 Å². The molecule has 1 heteroatoms. The molecule has 1 aliphatic rings. The van der Waals surface area contributed by atoms with E-state index in [0.29, 0.717) is 0 Å². The van der Waals surface area contributed by atoms with Gasteiger partial charge >= 0.3 is 0 Å². The van der Waals surface area contributed by atoms with Gasteiger partial charge in [0.2, 0.25) is 0 Å². The lowest BCUT2D eigenvalue weighted by Crippen LogP contribution is -2.38. The van der Waals surface area contributed by atoms with Gasteiger partial charge in [-0.3, -0.25) is 0 Å². The maximum atomic E-state index is 6.39. The van der Waals surface area contributed by atoms with Gasteiger partial charge in [0.25, 0.3) is 0 Å². The summed E-state index contributed by atoms with van der Waals surface area (Å²) in [6, 6.07) is 0. The molecule has 13 heavy (non-hydrogen) atoms. The lowest BCUT2D eigenvalue weighted by molar-refractivity contribution is 0.334. The Kier molecular flexibility index (Phi) is 4.24. The minimum Gasteiger partial charge on any atom is -0.325 e. The highest BCUT2D eigenvalue weighted by Crippen LogP contribution is 2.32. The Morgan fingerprint density at radius 2 is 2.00 bits per heavy atom. The van der Waals surface area contributed by atoms with Crippen LogP contribution in [0, 0.1) is 5.92 Å². The molecular weight excluding hydrogens is 158 g/mol. The van der Waals surface area contributed by atoms with Gasteiger partial charge in [0, 0.05) is 5.54 Å². The zero-order valence-electron chi connectivity index (χ0n) is 9.31. The van der Waals surface area contributed by atoms with Crippen LogP contribution in [0.5, 0.6) is 0 Å². The Morgan fingerprint density at radius 3 is 2.62 bits per heavy atom. The molecule has 0 amide bonds. The van der Waals surface area contributed by atoms with Crippen LogP contribution in [0.1, 0.15) is 65.2 Å². The first-order valence-electron chi connectivity index (χ1n) is 5.99. The molecule has 0 radical (unpaired) electrons. The average Bonchev–Trinajstić information content (AvgIpc) is 2.28. The summed E-state index contributed by atoms with van der Waals surface area (Å²) in [5.41, 5.74) is 6.58. The van der Waals surface area contributed by atoms with E-state index in [1.54, 1.807) is 0 Å². The first-order valence-corrected chi connectivity index (χ1v) is 5.99. The third-order valence-corrected chi connectivity index (χ3v) is 3.66. The van der Waals surface area contributed by atoms with Crippen molar-refractivity contribution < 1.29 is 0 Å². The summed E-state index contributed by atoms with van der Waals surface area (Å²) in [7, 11) is 0. The van der Waals surface area contributed by atoms with Gasteiger partial charge in [-0.15, -0.1) is 0 Å². The van der Waals surface area contributed by atoms with Crippen molar-refractivity contribution in [2.24, 2.45) is 11.7 Å². The summed E-state index contributed by atoms with van der Waals surface area (Å²) in [4.78, 5) is 0. The molecule has 1 fully saturated rings. The van der Waals surface area contributed by atoms with Crippen molar-refractivity contribution in [1.82, 2.24) is 0 Å². The van der Waals surface area contributed by atoms with E-state index >= 15 is 0 Å². The van der Waals surface area contributed by atoms with Crippen molar-refractivity contribution in [3.05, 3.63) is 0 Å². The Labute approximate surface area is 83.1 Å². The lowest BCUT2D eigenvalue weighted by Gasteiger charge is -2.27. The van der Waals surface area contributed by atoms with E-state index in [0.717, 1.165) is 5.92 Å². The lowest BCUT2D eigenvalue weighted by atomic mass is 9.86. The number of nitrogens with two attached hydrogens (primary N) is 1. The Balaban J connectivity index is 2.42. The van der Waals surface area contributed by atoms with Crippen LogP contribution >= 0.6 is 0 Å². The largest absolute Gasteiger partial charge is 0.325 e. The molecule has 1 rings (SSSR count). The van der Waals surface area contributed by atoms with Gasteiger partial charge < -0.3 is 5.73 Å². The molecule has 0 aromatic carbocycles. The Morgan fingerprint density at radius 1 is 1.23 bits per heavy atom. The van der Waals surface area contributed by atoms with Crippen LogP contribution in [-0.2, 0) is 0 Å². The van der Waals surface area contributed by atoms with E-state index in [9.17, 15) is 0 Å². The summed E-state index contributed by atoms with van der Waals surface area (Å²) in [5, 5.41) is 0. The fourth-order valence-electron chi connectivity index (χ4n) is 2.66. The van der Waals surface area contributed by atoms with Crippen LogP contribution in [0.2, 0.25) is 0 Å². The Bertz CT molecular complexity index is 144. The van der Waals surface area contributed by atoms with Crippen molar-refractivity contribution >= 4 is 0 Å². The third-order valence-electron chi connectivity index (χ3n) is 3.66. The van der Waals surface area contributed by atoms with Gasteiger partial charge in [0.1, 0.15) is 0 Å². The van der Waals surface area contributed by atoms with Crippen molar-refractivity contribution in [1.29, 1.82) is 0 Å². The molecule has 2 atom stereocenters. The summed E-state index contributed by atoms with van der Waals surface area (Å²) in [5.74, 6) is 0.960. The maximum absolute atomic E-state index is 6.39. The van der Waals surface area contributed by atoms with Crippen molar-refractivity contribution in [3.8, 4) is 0 Å². The van der Waals surface area contributed by atoms with Crippen molar-refractivity contribution in [2.45, 2.75) is 70.8 Å². The maximum Gasteiger partial charge on any atom is 0.0154 e. The molecule has 0 saturated heterocycles. The van der Waals surface area contributed by atoms with Gasteiger partial charge in [0.15, 0.2) is 0 Å². The second kappa shape index (κ2) is 4.99. The smallest absolute Gasteiger partial charge is 0.0154 e. The van der Waals surface area contributed by atoms with Gasteiger partial charge in [-0.2, -0.15) is 0 Å². The zero-order valence-corrected chi connectivity index (χ0v) is 9.31. The zero-order chi connectivity index (χ0) is 9.73. The molecule has 0 aromatic rings. The van der Waals surface area contributed by atoms with E-state index in [2.05, 4.69) is 13.8 Å². The fourth-order valence-corrected chi connectivity index (χ4v) is 2.66. The standard InChI is InChI=1S/C12H25N/c1-3-8-12(13)9-5-6-11(4-2)7-10-12/h11H,3-10,13H2,1-2H3. The third kappa shape index (κ3) is 3.30. The highest BCUT2D eigenvalue weighted by atomic mass is 14.7. The second-order valence-corrected chi connectivity index (χ2v) is 4.82. The molecule has 2 unspecified atom stereocenters. The summed E-state index contributed by atoms with van der Waals surface area (Å²) in [6.45, 7) is 4.56. The number of hydrogen-bond donors (Lipinski definition) is 1. The van der Waals surface area contributed by atoms with Crippen molar-refractivity contribution in [3.63, 3.8) is 0 Å². The summed E-state index contributed by atoms with van der Waals surface area (Å²) < 4.78 is 0. The van der Waals surface area contributed by atoms with Crippen LogP contribution in [0.4, 0.5) is 0 Å². The van der Waals surface area contributed by atoms with Gasteiger partial charge in [0.05, 0.1) is 0 Å². The molecule has 0 aliphatic heterocycles. The molecule has 2 N–H and O–H groups in total. The molecule has 1 saturated carbocycles. The van der Waals surface area contributed by atoms with Gasteiger partial charge in [-0.05, 0) is 31.6 Å². The molecule has 1 aliphatic carbocycles. The minimum absolute atomic E-state index is 0.193. The molecule has 0 aromatic heterocycles. The van der Waals surface area contributed by atoms with E-state index in [1.807, 2.05) is 0 Å². The molecule has 1 nitrogen and oxygen atoms in total. The normalized spacial score (nSPS) is 35.8. The predicted octanol–water partition coefficient (Wildman–Crippen LogP) is 3.47. The van der Waals surface area contributed by atoms with E-state index in [4.69, 9.17) is 5.73 Å². The van der Waals surface area contributed by atoms with Crippen LogP contribution < -0.4 is 5.73 Å². The highest BCUT2D eigenvalue weighted by molar-refractivity contribution is 4.87. The van der Waals surface area contributed by atoms with Crippen LogP contribution in [-0.4, -0.2) is 5.54 Å². The topological polar surface area (TPSA) is 26.0 Å². The first kappa shape index (κ1) is 11.0. The van der Waals surface area contributed by atoms with Gasteiger partial charge in [-0.1, -0.05) is 39.5 Å². The average molecular weight is 183 g/mol. The molecular formula is C12H25N. The Hall–Kier alpha value is -0.0400. The van der Waals surface area contributed by atoms with E-state index in [1.165, 1.54) is 51.4 Å². The second-order valence-electron chi connectivity index (χ2n) is 4.82. The summed E-state index contributed by atoms with van der Waals surface area (Å²) >= 11 is 0. The van der Waals surface area contributed by atoms with Crippen molar-refractivity contribution in [2.75, 3.05) is 0 Å². The highest BCUT2D eigenvalue weighted by Gasteiger charge is 2.27. The molecule has 78 valence electrons. The van der Waals surface area contributed by atoms with E-state index < -0.39 is 0 Å². The molecule has 0 heterocycles. The summed E-state index contributed by atoms with van der Waals surface area (Å²) in [6.07, 6.45) is 10.5. The quantitative estimate of drug-likeness (QED) is 0.666. The first-order chi connectivity index (χ1) is 6.20. The monoisotopic (exact) mass is 183 g/mol. The van der Waals surface area contributed by atoms with Crippen LogP contribution in [0.15, 0.2) is 0 Å².